The van der Waals surface area contributed by atoms with Crippen LogP contribution in [0.4, 0.5) is 0 Å². The third-order valence-corrected chi connectivity index (χ3v) is 12.0. The van der Waals surface area contributed by atoms with Crippen molar-refractivity contribution in [2.24, 2.45) is 0 Å². The van der Waals surface area contributed by atoms with Gasteiger partial charge < -0.3 is 4.57 Å². The number of hydrogen-bond acceptors (Lipinski definition) is 1. The lowest BCUT2D eigenvalue weighted by Gasteiger charge is -2.42. The number of rotatable bonds is 4. The van der Waals surface area contributed by atoms with E-state index in [-0.39, 0.29) is 0 Å². The Hall–Kier alpha value is -6.95. The predicted molar refractivity (Wildman–Crippen MR) is 215 cm³/mol. The molecule has 2 aliphatic rings. The fraction of sp³-hybridized carbons (Fsp3) is 0.0392. The van der Waals surface area contributed by atoms with E-state index in [0.29, 0.717) is 5.56 Å². The second-order valence-electron chi connectivity index (χ2n) is 14.3. The number of aromatic nitrogens is 1. The second kappa shape index (κ2) is 11.0. The Kier molecular flexibility index (Phi) is 6.19. The molecule has 0 radical (unpaired) electrons. The monoisotopic (exact) mass is 672 g/mol. The van der Waals surface area contributed by atoms with E-state index < -0.39 is 10.8 Å². The van der Waals surface area contributed by atoms with E-state index in [2.05, 4.69) is 199 Å². The fourth-order valence-corrected chi connectivity index (χ4v) is 9.97. The van der Waals surface area contributed by atoms with Gasteiger partial charge in [0.2, 0.25) is 0 Å². The van der Waals surface area contributed by atoms with Crippen molar-refractivity contribution in [3.8, 4) is 22.9 Å². The molecule has 2 nitrogen and oxygen atoms in total. The molecule has 8 aromatic carbocycles. The molecule has 9 aromatic rings. The summed E-state index contributed by atoms with van der Waals surface area (Å²) in [6.07, 6.45) is 0. The third-order valence-electron chi connectivity index (χ3n) is 12.0. The highest BCUT2D eigenvalue weighted by atomic mass is 15.0. The molecular formula is C51H32N2. The first-order chi connectivity index (χ1) is 26.3. The van der Waals surface area contributed by atoms with Crippen LogP contribution < -0.4 is 0 Å². The molecule has 0 amide bonds. The molecule has 246 valence electrons. The average Bonchev–Trinajstić information content (AvgIpc) is 3.73. The largest absolute Gasteiger partial charge is 0.309 e. The van der Waals surface area contributed by atoms with Crippen LogP contribution in [-0.2, 0) is 10.8 Å². The van der Waals surface area contributed by atoms with Gasteiger partial charge in [-0.25, -0.2) is 0 Å². The SMILES string of the molecule is N#Cc1ccc2c(c1)C(c1ccccc1)(c1ccccc1)c1cc(C3(c4ccccc4)c4ccccc4-n4c5ccccc5c5cccc3c54)ccc1-2. The molecule has 1 aromatic heterocycles. The third kappa shape index (κ3) is 3.76. The van der Waals surface area contributed by atoms with Gasteiger partial charge in [0.05, 0.1) is 39.2 Å². The zero-order valence-corrected chi connectivity index (χ0v) is 28.9. The number of para-hydroxylation sites is 3. The van der Waals surface area contributed by atoms with Crippen molar-refractivity contribution in [1.29, 1.82) is 5.26 Å². The van der Waals surface area contributed by atoms with Gasteiger partial charge >= 0.3 is 0 Å². The highest BCUT2D eigenvalue weighted by molar-refractivity contribution is 6.12. The predicted octanol–water partition coefficient (Wildman–Crippen LogP) is 11.7. The molecule has 11 rings (SSSR count). The maximum atomic E-state index is 10.2. The van der Waals surface area contributed by atoms with Crippen molar-refractivity contribution in [3.05, 3.63) is 244 Å². The van der Waals surface area contributed by atoms with E-state index in [9.17, 15) is 5.26 Å². The van der Waals surface area contributed by atoms with Crippen LogP contribution in [-0.4, -0.2) is 4.57 Å². The summed E-state index contributed by atoms with van der Waals surface area (Å²) >= 11 is 0. The summed E-state index contributed by atoms with van der Waals surface area (Å²) in [4.78, 5) is 0. The van der Waals surface area contributed by atoms with Crippen molar-refractivity contribution in [3.63, 3.8) is 0 Å². The van der Waals surface area contributed by atoms with E-state index in [1.807, 2.05) is 6.07 Å². The molecular weight excluding hydrogens is 641 g/mol. The van der Waals surface area contributed by atoms with Crippen LogP contribution in [0.1, 0.15) is 50.1 Å². The lowest BCUT2D eigenvalue weighted by atomic mass is 9.61. The number of benzene rings is 8. The van der Waals surface area contributed by atoms with Crippen molar-refractivity contribution < 1.29 is 0 Å². The van der Waals surface area contributed by atoms with Gasteiger partial charge in [-0.1, -0.05) is 170 Å². The lowest BCUT2D eigenvalue weighted by molar-refractivity contribution is 0.717. The van der Waals surface area contributed by atoms with Crippen molar-refractivity contribution in [2.75, 3.05) is 0 Å². The molecule has 0 N–H and O–H groups in total. The maximum Gasteiger partial charge on any atom is 0.0991 e. The summed E-state index contributed by atoms with van der Waals surface area (Å²) in [6, 6.07) is 73.4. The molecule has 53 heavy (non-hydrogen) atoms. The first-order valence-electron chi connectivity index (χ1n) is 18.3. The zero-order chi connectivity index (χ0) is 35.1. The number of hydrogen-bond donors (Lipinski definition) is 0. The number of fused-ring (bicyclic) bond motifs is 8. The second-order valence-corrected chi connectivity index (χ2v) is 14.3. The average molecular weight is 673 g/mol. The van der Waals surface area contributed by atoms with Crippen molar-refractivity contribution in [2.45, 2.75) is 10.8 Å². The highest BCUT2D eigenvalue weighted by Crippen LogP contribution is 2.59. The van der Waals surface area contributed by atoms with Gasteiger partial charge in [0.25, 0.3) is 0 Å². The van der Waals surface area contributed by atoms with Gasteiger partial charge in [-0.05, 0) is 79.9 Å². The summed E-state index contributed by atoms with van der Waals surface area (Å²) in [7, 11) is 0. The first kappa shape index (κ1) is 29.7. The topological polar surface area (TPSA) is 28.7 Å². The van der Waals surface area contributed by atoms with Gasteiger partial charge in [-0.3, -0.25) is 0 Å². The smallest absolute Gasteiger partial charge is 0.0991 e. The van der Waals surface area contributed by atoms with Gasteiger partial charge in [0.1, 0.15) is 0 Å². The van der Waals surface area contributed by atoms with Crippen LogP contribution in [0.5, 0.6) is 0 Å². The molecule has 0 saturated carbocycles. The van der Waals surface area contributed by atoms with E-state index in [1.54, 1.807) is 0 Å². The fourth-order valence-electron chi connectivity index (χ4n) is 9.97. The van der Waals surface area contributed by atoms with Crippen LogP contribution >= 0.6 is 0 Å². The molecule has 1 unspecified atom stereocenters. The minimum Gasteiger partial charge on any atom is -0.309 e. The van der Waals surface area contributed by atoms with Crippen molar-refractivity contribution >= 4 is 21.8 Å². The van der Waals surface area contributed by atoms with Crippen LogP contribution in [0.15, 0.2) is 194 Å². The van der Waals surface area contributed by atoms with E-state index in [1.165, 1.54) is 77.6 Å². The quantitative estimate of drug-likeness (QED) is 0.183. The van der Waals surface area contributed by atoms with Crippen molar-refractivity contribution in [1.82, 2.24) is 4.57 Å². The molecule has 2 heterocycles. The maximum absolute atomic E-state index is 10.2. The normalized spacial score (nSPS) is 16.1. The highest BCUT2D eigenvalue weighted by Gasteiger charge is 2.50. The minimum absolute atomic E-state index is 0.636. The summed E-state index contributed by atoms with van der Waals surface area (Å²) in [5.74, 6) is 0. The molecule has 0 spiro atoms. The Labute approximate surface area is 308 Å². The van der Waals surface area contributed by atoms with Crippen LogP contribution in [0, 0.1) is 11.3 Å². The standard InChI is InChI=1S/C51H32N2/c52-33-34-27-29-39-40-30-28-38(32-46(40)50(45(39)31-34,35-15-4-1-5-16-35)36-17-6-2-7-18-36)51(37-19-8-3-9-20-37)43-23-11-13-26-48(43)53-47-25-12-10-21-41(47)42-22-14-24-44(51)49(42)53/h1-32H. The van der Waals surface area contributed by atoms with E-state index in [4.69, 9.17) is 0 Å². The van der Waals surface area contributed by atoms with Crippen LogP contribution in [0.3, 0.4) is 0 Å². The Morgan fingerprint density at radius 1 is 0.396 bits per heavy atom. The van der Waals surface area contributed by atoms with E-state index >= 15 is 0 Å². The number of nitrogens with zero attached hydrogens (tertiary/aromatic N) is 2. The summed E-state index contributed by atoms with van der Waals surface area (Å²) in [6.45, 7) is 0. The van der Waals surface area contributed by atoms with Gasteiger partial charge in [0.15, 0.2) is 0 Å². The molecule has 1 atom stereocenters. The summed E-state index contributed by atoms with van der Waals surface area (Å²) in [5, 5.41) is 12.7. The van der Waals surface area contributed by atoms with Gasteiger partial charge in [0, 0.05) is 10.8 Å². The van der Waals surface area contributed by atoms with Gasteiger partial charge in [-0.15, -0.1) is 0 Å². The molecule has 0 fully saturated rings. The minimum atomic E-state index is -0.650. The molecule has 0 bridgehead atoms. The number of nitriles is 1. The summed E-state index contributed by atoms with van der Waals surface area (Å²) < 4.78 is 2.49. The first-order valence-corrected chi connectivity index (χ1v) is 18.3. The lowest BCUT2D eigenvalue weighted by Crippen LogP contribution is -2.36. The Balaban J connectivity index is 1.33. The van der Waals surface area contributed by atoms with E-state index in [0.717, 1.165) is 5.56 Å². The molecule has 1 aliphatic heterocycles. The Bertz CT molecular complexity index is 2910. The molecule has 0 saturated heterocycles. The van der Waals surface area contributed by atoms with Crippen LogP contribution in [0.25, 0.3) is 38.6 Å². The molecule has 1 aliphatic carbocycles. The Morgan fingerprint density at radius 3 is 1.60 bits per heavy atom. The van der Waals surface area contributed by atoms with Crippen LogP contribution in [0.2, 0.25) is 0 Å². The molecule has 2 heteroatoms. The zero-order valence-electron chi connectivity index (χ0n) is 28.9. The summed E-state index contributed by atoms with van der Waals surface area (Å²) in [5.41, 5.74) is 15.1. The van der Waals surface area contributed by atoms with Gasteiger partial charge in [-0.2, -0.15) is 5.26 Å². The Morgan fingerprint density at radius 2 is 0.925 bits per heavy atom.